The number of halogens is 14. The number of carbonyl (C=O) groups is 4. The topological polar surface area (TPSA) is 172 Å². The first kappa shape index (κ1) is 69.0. The summed E-state index contributed by atoms with van der Waals surface area (Å²) in [6.45, 7) is 2.17. The second kappa shape index (κ2) is 24.9. The summed E-state index contributed by atoms with van der Waals surface area (Å²) in [6.07, 6.45) is -24.7. The molecule has 5 fully saturated rings. The minimum atomic E-state index is -6.47. The molecule has 3 aliphatic carbocycles. The molecule has 5 aliphatic rings. The number of aliphatic carboxylic acids is 1. The third-order valence-corrected chi connectivity index (χ3v) is 24.2. The van der Waals surface area contributed by atoms with Crippen LogP contribution in [-0.2, 0) is 70.8 Å². The molecule has 9 rings (SSSR count). The van der Waals surface area contributed by atoms with Crippen LogP contribution in [0.2, 0.25) is 0 Å². The van der Waals surface area contributed by atoms with Crippen molar-refractivity contribution in [3.05, 3.63) is 130 Å². The average Bonchev–Trinajstić information content (AvgIpc) is 1.72. The minimum Gasteiger partial charge on any atom is -0.481 e. The number of hydrogen-bond donors (Lipinski definition) is 1. The molecular formula is C63H66F14N2O10S2. The average molecular weight is 1340 g/mol. The van der Waals surface area contributed by atoms with Crippen LogP contribution < -0.4 is 0 Å². The van der Waals surface area contributed by atoms with Gasteiger partial charge < -0.3 is 19.6 Å². The predicted molar refractivity (Wildman–Crippen MR) is 299 cm³/mol. The molecular weight excluding hydrogens is 1270 g/mol. The number of carbonyl (C=O) groups excluding carboxylic acids is 3. The number of sulfone groups is 2. The van der Waals surface area contributed by atoms with E-state index in [1.54, 1.807) is 12.1 Å². The Morgan fingerprint density at radius 2 is 0.923 bits per heavy atom. The number of carboxylic acid groups (broad SMARTS) is 1. The molecule has 4 aromatic rings. The summed E-state index contributed by atoms with van der Waals surface area (Å²) in [5, 5.41) is 9.50. The Kier molecular flexibility index (Phi) is 18.9. The smallest absolute Gasteiger partial charge is 0.435 e. The number of hydrogen-bond acceptors (Lipinski definition) is 9. The second-order valence-corrected chi connectivity index (χ2v) is 29.8. The molecule has 1 N–H and O–H groups in total. The normalized spacial score (nSPS) is 25.9. The van der Waals surface area contributed by atoms with Crippen molar-refractivity contribution in [3.8, 4) is 0 Å². The van der Waals surface area contributed by atoms with E-state index in [2.05, 4.69) is 0 Å². The molecule has 3 saturated carbocycles. The number of benzene rings is 4. The lowest BCUT2D eigenvalue weighted by atomic mass is 9.81. The summed E-state index contributed by atoms with van der Waals surface area (Å²) < 4.78 is 258. The van der Waals surface area contributed by atoms with Crippen LogP contribution in [0, 0.1) is 29.6 Å². The number of esters is 1. The first-order valence-electron chi connectivity index (χ1n) is 29.8. The van der Waals surface area contributed by atoms with Gasteiger partial charge in [-0.2, -0.15) is 52.7 Å². The maximum atomic E-state index is 15.2. The molecule has 0 spiro atoms. The zero-order valence-electron chi connectivity index (χ0n) is 49.1. The van der Waals surface area contributed by atoms with Crippen LogP contribution in [0.4, 0.5) is 61.5 Å². The third kappa shape index (κ3) is 12.6. The summed E-state index contributed by atoms with van der Waals surface area (Å²) in [4.78, 5) is 55.7. The zero-order chi connectivity index (χ0) is 66.9. The summed E-state index contributed by atoms with van der Waals surface area (Å²) in [7, 11) is -9.39. The van der Waals surface area contributed by atoms with Crippen LogP contribution in [0.3, 0.4) is 0 Å². The first-order valence-corrected chi connectivity index (χ1v) is 32.7. The first-order chi connectivity index (χ1) is 42.2. The Morgan fingerprint density at radius 3 is 1.33 bits per heavy atom. The van der Waals surface area contributed by atoms with Crippen molar-refractivity contribution in [1.29, 1.82) is 0 Å². The van der Waals surface area contributed by atoms with Crippen LogP contribution in [0.5, 0.6) is 0 Å². The van der Waals surface area contributed by atoms with E-state index >= 15 is 17.2 Å². The van der Waals surface area contributed by atoms with Gasteiger partial charge in [0.2, 0.25) is 11.8 Å². The highest BCUT2D eigenvalue weighted by atomic mass is 32.2. The highest BCUT2D eigenvalue weighted by molar-refractivity contribution is 7.92. The second-order valence-electron chi connectivity index (χ2n) is 25.3. The molecule has 4 unspecified atom stereocenters. The van der Waals surface area contributed by atoms with Crippen LogP contribution in [0.1, 0.15) is 137 Å². The van der Waals surface area contributed by atoms with Crippen LogP contribution in [-0.4, -0.2) is 112 Å². The molecule has 0 bridgehead atoms. The Labute approximate surface area is 515 Å². The molecule has 0 radical (unpaired) electrons. The van der Waals surface area contributed by atoms with E-state index < -0.39 is 149 Å². The molecule has 4 aromatic carbocycles. The van der Waals surface area contributed by atoms with Crippen LogP contribution in [0.25, 0.3) is 0 Å². The lowest BCUT2D eigenvalue weighted by molar-refractivity contribution is -0.349. The van der Waals surface area contributed by atoms with Gasteiger partial charge in [-0.05, 0) is 148 Å². The number of ether oxygens (including phenoxy) is 1. The molecule has 28 heteroatoms. The number of nitrogens with zero attached hydrogens (tertiary/aromatic N) is 2. The maximum absolute atomic E-state index is 15.2. The molecule has 498 valence electrons. The molecule has 0 aromatic heterocycles. The van der Waals surface area contributed by atoms with E-state index in [9.17, 15) is 85.4 Å². The molecule has 2 amide bonds. The lowest BCUT2D eigenvalue weighted by Crippen LogP contribution is -2.50. The highest BCUT2D eigenvalue weighted by Gasteiger charge is 2.75. The molecule has 91 heavy (non-hydrogen) atoms. The fraction of sp³-hybridized carbons (Fsp3) is 0.556. The van der Waals surface area contributed by atoms with Crippen LogP contribution in [0.15, 0.2) is 107 Å². The van der Waals surface area contributed by atoms with Crippen molar-refractivity contribution in [2.75, 3.05) is 26.2 Å². The van der Waals surface area contributed by atoms with Gasteiger partial charge >= 0.3 is 48.0 Å². The van der Waals surface area contributed by atoms with Crippen molar-refractivity contribution < 1.29 is 107 Å². The van der Waals surface area contributed by atoms with Gasteiger partial charge in [-0.1, -0.05) is 86.6 Å². The maximum Gasteiger partial charge on any atom is 0.435 e. The molecule has 2 saturated heterocycles. The number of likely N-dealkylation sites (tertiary alicyclic amines) is 2. The molecule has 2 aliphatic heterocycles. The Balaban J connectivity index is 0.880. The zero-order valence-corrected chi connectivity index (χ0v) is 50.8. The van der Waals surface area contributed by atoms with Gasteiger partial charge in [0.1, 0.15) is 15.6 Å². The molecule has 2 heterocycles. The van der Waals surface area contributed by atoms with Crippen molar-refractivity contribution >= 4 is 43.4 Å². The Morgan fingerprint density at radius 1 is 0.527 bits per heavy atom. The summed E-state index contributed by atoms with van der Waals surface area (Å²) in [5.41, 5.74) is -14.8. The van der Waals surface area contributed by atoms with E-state index in [-0.39, 0.29) is 135 Å². The molecule has 12 nitrogen and oxygen atoms in total. The van der Waals surface area contributed by atoms with Gasteiger partial charge in [0.15, 0.2) is 19.7 Å². The predicted octanol–water partition coefficient (Wildman–Crippen LogP) is 13.8. The van der Waals surface area contributed by atoms with Crippen molar-refractivity contribution in [1.82, 2.24) is 9.80 Å². The van der Waals surface area contributed by atoms with Crippen molar-refractivity contribution in [2.24, 2.45) is 29.6 Å². The largest absolute Gasteiger partial charge is 0.481 e. The quantitative estimate of drug-likeness (QED) is 0.0840. The fourth-order valence-electron chi connectivity index (χ4n) is 14.1. The standard InChI is InChI=1S/C63H66F14N2O10S2/c1-37(2)31-38-5-3-7-50(32-38)90(85,86)56(45-18-22-47(23-19-45)58(64,60(66,67)68)61(69,70)71)27-29-78(35-56)53(81)40-11-15-42(16-12-40)55(84)89-49-26-17-44(33-49)43-6-4-8-51(34-43)91(87,88)57(28-30-79(36-57)52(80)39-9-13-41(14-10-39)54(82)83)46-20-24-48(25-21-46)59(65,62(72,73)74)63(75,76)77/h3-8,18-25,32,34,37,39-42,44,49H,9-17,26-31,33,35-36H2,1-2H3,(H,82,83). The van der Waals surface area contributed by atoms with Gasteiger partial charge in [0.05, 0.1) is 21.6 Å². The van der Waals surface area contributed by atoms with Crippen LogP contribution >= 0.6 is 0 Å². The monoisotopic (exact) mass is 1340 g/mol. The van der Waals surface area contributed by atoms with E-state index in [4.69, 9.17) is 4.74 Å². The lowest BCUT2D eigenvalue weighted by Gasteiger charge is -2.33. The Hall–Kier alpha value is -6.32. The van der Waals surface area contributed by atoms with Gasteiger partial charge in [-0.25, -0.2) is 25.6 Å². The highest BCUT2D eigenvalue weighted by Crippen LogP contribution is 2.56. The third-order valence-electron chi connectivity index (χ3n) is 19.3. The number of rotatable bonds is 16. The van der Waals surface area contributed by atoms with Crippen molar-refractivity contribution in [3.63, 3.8) is 0 Å². The van der Waals surface area contributed by atoms with Crippen molar-refractivity contribution in [2.45, 2.75) is 171 Å². The summed E-state index contributed by atoms with van der Waals surface area (Å²) in [6, 6.07) is 15.2. The van der Waals surface area contributed by atoms with E-state index in [0.29, 0.717) is 54.7 Å². The number of carboxylic acids is 1. The van der Waals surface area contributed by atoms with E-state index in [1.165, 1.54) is 46.2 Å². The Bertz CT molecular complexity index is 3570. The SMILES string of the molecule is CC(C)Cc1cccc(S(=O)(=O)C2(c3ccc(C(F)(C(F)(F)F)C(F)(F)F)cc3)CCN(C(=O)C3CCC(C(=O)OC4CCC(c5cccc(S(=O)(=O)C6(c7ccc(C(F)(C(F)(F)F)C(F)(F)F)cc7)CCN(C(=O)C7CCC(C(=O)O)CC7)C6)c5)C4)CC3)C2)c1. The van der Waals surface area contributed by atoms with Gasteiger partial charge in [-0.15, -0.1) is 0 Å². The van der Waals surface area contributed by atoms with Gasteiger partial charge in [-0.3, -0.25) is 19.2 Å². The van der Waals surface area contributed by atoms with E-state index in [0.717, 1.165) is 0 Å². The van der Waals surface area contributed by atoms with Gasteiger partial charge in [0.25, 0.3) is 0 Å². The number of amides is 2. The van der Waals surface area contributed by atoms with Gasteiger partial charge in [0, 0.05) is 49.1 Å². The molecule has 4 atom stereocenters. The van der Waals surface area contributed by atoms with E-state index in [1.807, 2.05) is 13.8 Å². The summed E-state index contributed by atoms with van der Waals surface area (Å²) in [5.74, 6) is -5.87. The fourth-order valence-corrected chi connectivity index (χ4v) is 18.4. The summed E-state index contributed by atoms with van der Waals surface area (Å²) >= 11 is 0. The minimum absolute atomic E-state index is 0.0787. The number of alkyl halides is 14.